The van der Waals surface area contributed by atoms with Crippen LogP contribution in [0.4, 0.5) is 0 Å². The van der Waals surface area contributed by atoms with Crippen molar-refractivity contribution in [1.29, 1.82) is 0 Å². The average Bonchev–Trinajstić information content (AvgIpc) is 2.36. The van der Waals surface area contributed by atoms with Crippen molar-refractivity contribution in [3.05, 3.63) is 32.7 Å². The molecular formula is C16H25Br2N. The molecule has 108 valence electrons. The highest BCUT2D eigenvalue weighted by Crippen LogP contribution is 2.27. The second kappa shape index (κ2) is 9.95. The third-order valence-electron chi connectivity index (χ3n) is 3.33. The van der Waals surface area contributed by atoms with Gasteiger partial charge >= 0.3 is 0 Å². The van der Waals surface area contributed by atoms with Gasteiger partial charge in [-0.2, -0.15) is 0 Å². The molecule has 19 heavy (non-hydrogen) atoms. The van der Waals surface area contributed by atoms with Gasteiger partial charge in [0.15, 0.2) is 0 Å². The predicted molar refractivity (Wildman–Crippen MR) is 91.6 cm³/mol. The maximum Gasteiger partial charge on any atom is 0.0320 e. The van der Waals surface area contributed by atoms with Gasteiger partial charge in [-0.1, -0.05) is 77.8 Å². The molecule has 0 saturated heterocycles. The number of hydrogen-bond acceptors (Lipinski definition) is 1. The lowest BCUT2D eigenvalue weighted by atomic mass is 10.00. The van der Waals surface area contributed by atoms with Gasteiger partial charge in [-0.05, 0) is 36.7 Å². The first-order chi connectivity index (χ1) is 9.17. The molecule has 1 aromatic carbocycles. The zero-order chi connectivity index (χ0) is 14.1. The Hall–Kier alpha value is 0.140. The molecule has 0 aliphatic carbocycles. The zero-order valence-corrected chi connectivity index (χ0v) is 15.2. The van der Waals surface area contributed by atoms with E-state index in [2.05, 4.69) is 69.2 Å². The minimum atomic E-state index is 0.473. The Balaban J connectivity index is 2.55. The molecular weight excluding hydrogens is 366 g/mol. The molecule has 1 aromatic rings. The molecule has 0 heterocycles. The van der Waals surface area contributed by atoms with E-state index in [1.165, 1.54) is 44.1 Å². The van der Waals surface area contributed by atoms with Crippen LogP contribution in [0.2, 0.25) is 0 Å². The van der Waals surface area contributed by atoms with Gasteiger partial charge in [-0.15, -0.1) is 0 Å². The van der Waals surface area contributed by atoms with Crippen molar-refractivity contribution in [2.75, 3.05) is 6.54 Å². The maximum absolute atomic E-state index is 3.60. The first kappa shape index (κ1) is 17.2. The van der Waals surface area contributed by atoms with Crippen molar-refractivity contribution in [1.82, 2.24) is 5.32 Å². The largest absolute Gasteiger partial charge is 0.310 e. The SMILES string of the molecule is CCCCCCCC(NCC)c1cc(Br)cc(Br)c1. The Labute approximate surface area is 134 Å². The lowest BCUT2D eigenvalue weighted by Gasteiger charge is -2.19. The van der Waals surface area contributed by atoms with Gasteiger partial charge in [0.25, 0.3) is 0 Å². The van der Waals surface area contributed by atoms with Crippen molar-refractivity contribution in [3.8, 4) is 0 Å². The third-order valence-corrected chi connectivity index (χ3v) is 4.25. The summed E-state index contributed by atoms with van der Waals surface area (Å²) in [6, 6.07) is 7.02. The summed E-state index contributed by atoms with van der Waals surface area (Å²) in [4.78, 5) is 0. The van der Waals surface area contributed by atoms with E-state index in [4.69, 9.17) is 0 Å². The second-order valence-electron chi connectivity index (χ2n) is 5.02. The van der Waals surface area contributed by atoms with E-state index in [9.17, 15) is 0 Å². The van der Waals surface area contributed by atoms with Crippen LogP contribution in [-0.4, -0.2) is 6.54 Å². The van der Waals surface area contributed by atoms with Gasteiger partial charge in [0.1, 0.15) is 0 Å². The average molecular weight is 391 g/mol. The van der Waals surface area contributed by atoms with Crippen molar-refractivity contribution >= 4 is 31.9 Å². The molecule has 0 bridgehead atoms. The summed E-state index contributed by atoms with van der Waals surface area (Å²) < 4.78 is 2.29. The molecule has 0 spiro atoms. The number of hydrogen-bond donors (Lipinski definition) is 1. The summed E-state index contributed by atoms with van der Waals surface area (Å²) in [6.45, 7) is 5.46. The second-order valence-corrected chi connectivity index (χ2v) is 6.85. The Morgan fingerprint density at radius 1 is 0.947 bits per heavy atom. The monoisotopic (exact) mass is 389 g/mol. The molecule has 0 radical (unpaired) electrons. The molecule has 1 rings (SSSR count). The Kier molecular flexibility index (Phi) is 9.01. The number of benzene rings is 1. The first-order valence-corrected chi connectivity index (χ1v) is 8.95. The molecule has 1 N–H and O–H groups in total. The van der Waals surface area contributed by atoms with Crippen molar-refractivity contribution < 1.29 is 0 Å². The molecule has 1 unspecified atom stereocenters. The number of halogens is 2. The smallest absolute Gasteiger partial charge is 0.0320 e. The Bertz CT molecular complexity index is 346. The van der Waals surface area contributed by atoms with Crippen molar-refractivity contribution in [3.63, 3.8) is 0 Å². The number of unbranched alkanes of at least 4 members (excludes halogenated alkanes) is 4. The molecule has 3 heteroatoms. The predicted octanol–water partition coefficient (Wildman–Crippen LogP) is 6.22. The van der Waals surface area contributed by atoms with Gasteiger partial charge in [0, 0.05) is 15.0 Å². The van der Waals surface area contributed by atoms with Gasteiger partial charge in [0.2, 0.25) is 0 Å². The van der Waals surface area contributed by atoms with Crippen LogP contribution in [0.3, 0.4) is 0 Å². The van der Waals surface area contributed by atoms with Crippen molar-refractivity contribution in [2.45, 2.75) is 58.4 Å². The van der Waals surface area contributed by atoms with Gasteiger partial charge in [0.05, 0.1) is 0 Å². The molecule has 0 saturated carbocycles. The summed E-state index contributed by atoms with van der Waals surface area (Å²) in [5.41, 5.74) is 1.37. The zero-order valence-electron chi connectivity index (χ0n) is 12.0. The normalized spacial score (nSPS) is 12.6. The van der Waals surface area contributed by atoms with Gasteiger partial charge < -0.3 is 5.32 Å². The van der Waals surface area contributed by atoms with Crippen LogP contribution in [0.5, 0.6) is 0 Å². The highest BCUT2D eigenvalue weighted by atomic mass is 79.9. The highest BCUT2D eigenvalue weighted by Gasteiger charge is 2.11. The molecule has 0 aliphatic heterocycles. The Morgan fingerprint density at radius 3 is 2.16 bits per heavy atom. The molecule has 0 amide bonds. The summed E-state index contributed by atoms with van der Waals surface area (Å²) in [5.74, 6) is 0. The molecule has 1 nitrogen and oxygen atoms in total. The number of nitrogens with one attached hydrogen (secondary N) is 1. The van der Waals surface area contributed by atoms with Crippen LogP contribution in [0, 0.1) is 0 Å². The van der Waals surface area contributed by atoms with Gasteiger partial charge in [-0.3, -0.25) is 0 Å². The number of rotatable bonds is 9. The van der Waals surface area contributed by atoms with Crippen LogP contribution >= 0.6 is 31.9 Å². The van der Waals surface area contributed by atoms with Crippen molar-refractivity contribution in [2.24, 2.45) is 0 Å². The van der Waals surface area contributed by atoms with Crippen LogP contribution in [-0.2, 0) is 0 Å². The Morgan fingerprint density at radius 2 is 1.58 bits per heavy atom. The van der Waals surface area contributed by atoms with E-state index >= 15 is 0 Å². The fourth-order valence-corrected chi connectivity index (χ4v) is 3.69. The lowest BCUT2D eigenvalue weighted by molar-refractivity contribution is 0.478. The summed E-state index contributed by atoms with van der Waals surface area (Å²) in [6.07, 6.45) is 7.94. The fourth-order valence-electron chi connectivity index (χ4n) is 2.36. The van der Waals surface area contributed by atoms with Crippen LogP contribution < -0.4 is 5.32 Å². The summed E-state index contributed by atoms with van der Waals surface area (Å²) in [7, 11) is 0. The topological polar surface area (TPSA) is 12.0 Å². The highest BCUT2D eigenvalue weighted by molar-refractivity contribution is 9.11. The van der Waals surface area contributed by atoms with Crippen LogP contribution in [0.1, 0.15) is 64.0 Å². The molecule has 1 atom stereocenters. The summed E-state index contributed by atoms with van der Waals surface area (Å²) in [5, 5.41) is 3.60. The molecule has 0 fully saturated rings. The standard InChI is InChI=1S/C16H25Br2N/c1-3-5-6-7-8-9-16(19-4-2)13-10-14(17)12-15(18)11-13/h10-12,16,19H,3-9H2,1-2H3. The minimum absolute atomic E-state index is 0.473. The summed E-state index contributed by atoms with van der Waals surface area (Å²) >= 11 is 7.15. The van der Waals surface area contributed by atoms with E-state index in [0.29, 0.717) is 6.04 Å². The quantitative estimate of drug-likeness (QED) is 0.493. The molecule has 0 aromatic heterocycles. The molecule has 0 aliphatic rings. The minimum Gasteiger partial charge on any atom is -0.310 e. The van der Waals surface area contributed by atoms with Crippen LogP contribution in [0.15, 0.2) is 27.1 Å². The maximum atomic E-state index is 3.60. The van der Waals surface area contributed by atoms with E-state index in [0.717, 1.165) is 15.5 Å². The van der Waals surface area contributed by atoms with Gasteiger partial charge in [-0.25, -0.2) is 0 Å². The lowest BCUT2D eigenvalue weighted by Crippen LogP contribution is -2.20. The fraction of sp³-hybridized carbons (Fsp3) is 0.625. The van der Waals surface area contributed by atoms with Crippen LogP contribution in [0.25, 0.3) is 0 Å². The van der Waals surface area contributed by atoms with E-state index in [1.807, 2.05) is 0 Å². The first-order valence-electron chi connectivity index (χ1n) is 7.36. The van der Waals surface area contributed by atoms with E-state index in [1.54, 1.807) is 0 Å². The van der Waals surface area contributed by atoms with E-state index in [-0.39, 0.29) is 0 Å². The third kappa shape index (κ3) is 6.92. The van der Waals surface area contributed by atoms with E-state index < -0.39 is 0 Å².